The molecule has 3 atom stereocenters. The molecule has 0 bridgehead atoms. The summed E-state index contributed by atoms with van der Waals surface area (Å²) in [6, 6.07) is 0.519. The molecule has 1 N–H and O–H groups in total. The third kappa shape index (κ3) is 6.61. The highest BCUT2D eigenvalue weighted by atomic mass is 19.4. The summed E-state index contributed by atoms with van der Waals surface area (Å²) in [5.74, 6) is 1.36. The van der Waals surface area contributed by atoms with Crippen molar-refractivity contribution < 1.29 is 17.9 Å². The Hall–Kier alpha value is -0.290. The van der Waals surface area contributed by atoms with E-state index in [2.05, 4.69) is 17.0 Å². The van der Waals surface area contributed by atoms with Crippen molar-refractivity contribution in [2.75, 3.05) is 20.3 Å². The average Bonchev–Trinajstić information content (AvgIpc) is 2.36. The van der Waals surface area contributed by atoms with Crippen molar-refractivity contribution in [3.63, 3.8) is 0 Å². The fourth-order valence-electron chi connectivity index (χ4n) is 3.07. The minimum atomic E-state index is -4.20. The molecule has 0 amide bonds. The normalized spacial score (nSPS) is 28.6. The van der Waals surface area contributed by atoms with Crippen molar-refractivity contribution in [1.29, 1.82) is 0 Å². The Balaban J connectivity index is 2.21. The van der Waals surface area contributed by atoms with Crippen LogP contribution in [-0.4, -0.2) is 32.5 Å². The Morgan fingerprint density at radius 1 is 1.26 bits per heavy atom. The Morgan fingerprint density at radius 3 is 2.58 bits per heavy atom. The summed E-state index contributed by atoms with van der Waals surface area (Å²) >= 11 is 0. The van der Waals surface area contributed by atoms with E-state index in [9.17, 15) is 13.2 Å². The van der Waals surface area contributed by atoms with E-state index in [1.807, 2.05) is 7.05 Å². The second-order valence-electron chi connectivity index (χ2n) is 5.55. The number of halogens is 3. The molecule has 1 rings (SSSR count). The van der Waals surface area contributed by atoms with Gasteiger partial charge in [0.05, 0.1) is 0 Å². The molecule has 0 aromatic rings. The van der Waals surface area contributed by atoms with Gasteiger partial charge in [-0.05, 0) is 51.0 Å². The van der Waals surface area contributed by atoms with Crippen molar-refractivity contribution >= 4 is 0 Å². The van der Waals surface area contributed by atoms with Crippen LogP contribution in [0.4, 0.5) is 13.2 Å². The maximum atomic E-state index is 11.9. The Labute approximate surface area is 114 Å². The standard InChI is InChI=1S/C14H26F3NO/c1-3-11-6-7-13(18-2)12(9-11)5-4-8-19-10-14(15,16)17/h11-13,18H,3-10H2,1-2H3. The molecule has 1 aliphatic carbocycles. The molecule has 1 fully saturated rings. The van der Waals surface area contributed by atoms with Crippen LogP contribution in [0.1, 0.15) is 45.4 Å². The average molecular weight is 281 g/mol. The quantitative estimate of drug-likeness (QED) is 0.717. The smallest absolute Gasteiger partial charge is 0.372 e. The second-order valence-corrected chi connectivity index (χ2v) is 5.55. The van der Waals surface area contributed by atoms with Crippen LogP contribution in [0.25, 0.3) is 0 Å². The SMILES string of the molecule is CCC1CCC(NC)C(CCCOCC(F)(F)F)C1. The van der Waals surface area contributed by atoms with E-state index in [0.29, 0.717) is 12.0 Å². The molecule has 0 radical (unpaired) electrons. The van der Waals surface area contributed by atoms with E-state index in [1.54, 1.807) is 0 Å². The summed E-state index contributed by atoms with van der Waals surface area (Å²) in [5.41, 5.74) is 0. The van der Waals surface area contributed by atoms with Gasteiger partial charge in [-0.1, -0.05) is 13.3 Å². The van der Waals surface area contributed by atoms with E-state index >= 15 is 0 Å². The van der Waals surface area contributed by atoms with Crippen molar-refractivity contribution in [3.05, 3.63) is 0 Å². The van der Waals surface area contributed by atoms with Gasteiger partial charge >= 0.3 is 6.18 Å². The summed E-state index contributed by atoms with van der Waals surface area (Å²) in [5, 5.41) is 3.34. The molecule has 0 aromatic heterocycles. The lowest BCUT2D eigenvalue weighted by Gasteiger charge is -2.36. The third-order valence-electron chi connectivity index (χ3n) is 4.17. The van der Waals surface area contributed by atoms with Crippen molar-refractivity contribution in [2.45, 2.75) is 57.7 Å². The first-order valence-corrected chi connectivity index (χ1v) is 7.28. The lowest BCUT2D eigenvalue weighted by molar-refractivity contribution is -0.174. The van der Waals surface area contributed by atoms with Crippen LogP contribution in [0.5, 0.6) is 0 Å². The molecular formula is C14H26F3NO. The van der Waals surface area contributed by atoms with Gasteiger partial charge < -0.3 is 10.1 Å². The summed E-state index contributed by atoms with van der Waals surface area (Å²) < 4.78 is 40.4. The molecule has 3 unspecified atom stereocenters. The summed E-state index contributed by atoms with van der Waals surface area (Å²) in [6.07, 6.45) is 2.33. The van der Waals surface area contributed by atoms with Crippen LogP contribution in [0.2, 0.25) is 0 Å². The van der Waals surface area contributed by atoms with E-state index in [4.69, 9.17) is 0 Å². The predicted octanol–water partition coefficient (Wildman–Crippen LogP) is 3.76. The monoisotopic (exact) mass is 281 g/mol. The number of nitrogens with one attached hydrogen (secondary N) is 1. The minimum Gasteiger partial charge on any atom is -0.372 e. The first kappa shape index (κ1) is 16.8. The molecule has 0 heterocycles. The second kappa shape index (κ2) is 8.10. The number of hydrogen-bond acceptors (Lipinski definition) is 2. The van der Waals surface area contributed by atoms with Crippen LogP contribution < -0.4 is 5.32 Å². The zero-order valence-corrected chi connectivity index (χ0v) is 11.9. The Kier molecular flexibility index (Phi) is 7.15. The Bertz CT molecular complexity index is 245. The van der Waals surface area contributed by atoms with Gasteiger partial charge in [-0.25, -0.2) is 0 Å². The molecule has 1 aliphatic rings. The highest BCUT2D eigenvalue weighted by Crippen LogP contribution is 2.33. The summed E-state index contributed by atoms with van der Waals surface area (Å²) in [7, 11) is 1.98. The molecule has 0 aromatic carbocycles. The zero-order valence-electron chi connectivity index (χ0n) is 11.9. The molecule has 0 saturated heterocycles. The van der Waals surface area contributed by atoms with E-state index in [1.165, 1.54) is 25.7 Å². The van der Waals surface area contributed by atoms with Gasteiger partial charge in [0.2, 0.25) is 0 Å². The first-order chi connectivity index (χ1) is 8.96. The topological polar surface area (TPSA) is 21.3 Å². The molecule has 19 heavy (non-hydrogen) atoms. The number of hydrogen-bond donors (Lipinski definition) is 1. The maximum Gasteiger partial charge on any atom is 0.411 e. The van der Waals surface area contributed by atoms with Gasteiger partial charge in [0.25, 0.3) is 0 Å². The maximum absolute atomic E-state index is 11.9. The lowest BCUT2D eigenvalue weighted by Crippen LogP contribution is -2.38. The van der Waals surface area contributed by atoms with E-state index in [0.717, 1.165) is 18.8 Å². The van der Waals surface area contributed by atoms with Crippen LogP contribution in [0, 0.1) is 11.8 Å². The summed E-state index contributed by atoms with van der Waals surface area (Å²) in [4.78, 5) is 0. The lowest BCUT2D eigenvalue weighted by atomic mass is 9.75. The van der Waals surface area contributed by atoms with E-state index in [-0.39, 0.29) is 6.61 Å². The minimum absolute atomic E-state index is 0.212. The molecule has 0 aliphatic heterocycles. The van der Waals surface area contributed by atoms with E-state index < -0.39 is 12.8 Å². The molecule has 2 nitrogen and oxygen atoms in total. The van der Waals surface area contributed by atoms with Crippen LogP contribution in [-0.2, 0) is 4.74 Å². The zero-order chi connectivity index (χ0) is 14.3. The van der Waals surface area contributed by atoms with Crippen molar-refractivity contribution in [1.82, 2.24) is 5.32 Å². The van der Waals surface area contributed by atoms with Crippen molar-refractivity contribution in [3.8, 4) is 0 Å². The van der Waals surface area contributed by atoms with Gasteiger partial charge in [-0.2, -0.15) is 13.2 Å². The number of alkyl halides is 3. The summed E-state index contributed by atoms with van der Waals surface area (Å²) in [6.45, 7) is 1.31. The first-order valence-electron chi connectivity index (χ1n) is 7.28. The van der Waals surface area contributed by atoms with Gasteiger partial charge in [0.15, 0.2) is 0 Å². The Morgan fingerprint density at radius 2 is 2.00 bits per heavy atom. The third-order valence-corrected chi connectivity index (χ3v) is 4.17. The van der Waals surface area contributed by atoms with Gasteiger partial charge in [0.1, 0.15) is 6.61 Å². The van der Waals surface area contributed by atoms with Gasteiger partial charge in [-0.15, -0.1) is 0 Å². The number of rotatable bonds is 7. The van der Waals surface area contributed by atoms with Crippen LogP contribution >= 0.6 is 0 Å². The highest BCUT2D eigenvalue weighted by Gasteiger charge is 2.29. The predicted molar refractivity (Wildman–Crippen MR) is 70.1 cm³/mol. The largest absolute Gasteiger partial charge is 0.411 e. The van der Waals surface area contributed by atoms with Gasteiger partial charge in [-0.3, -0.25) is 0 Å². The molecule has 5 heteroatoms. The van der Waals surface area contributed by atoms with Crippen LogP contribution in [0.3, 0.4) is 0 Å². The molecule has 1 saturated carbocycles. The van der Waals surface area contributed by atoms with Gasteiger partial charge in [0, 0.05) is 12.6 Å². The number of ether oxygens (including phenoxy) is 1. The molecular weight excluding hydrogens is 255 g/mol. The molecule has 0 spiro atoms. The van der Waals surface area contributed by atoms with Crippen LogP contribution in [0.15, 0.2) is 0 Å². The fraction of sp³-hybridized carbons (Fsp3) is 1.00. The highest BCUT2D eigenvalue weighted by molar-refractivity contribution is 4.83. The van der Waals surface area contributed by atoms with Crippen molar-refractivity contribution in [2.24, 2.45) is 11.8 Å². The fourth-order valence-corrected chi connectivity index (χ4v) is 3.07. The molecule has 114 valence electrons.